The van der Waals surface area contributed by atoms with E-state index in [4.69, 9.17) is 0 Å². The lowest BCUT2D eigenvalue weighted by Gasteiger charge is -2.45. The molecule has 1 saturated heterocycles. The molecule has 4 aromatic rings. The summed E-state index contributed by atoms with van der Waals surface area (Å²) in [5, 5.41) is 12.1. The van der Waals surface area contributed by atoms with E-state index in [-0.39, 0.29) is 40.5 Å². The summed E-state index contributed by atoms with van der Waals surface area (Å²) in [5.74, 6) is -3.70. The van der Waals surface area contributed by atoms with Crippen LogP contribution in [0.25, 0.3) is 0 Å². The number of rotatable bonds is 4. The van der Waals surface area contributed by atoms with Crippen molar-refractivity contribution in [2.75, 3.05) is 10.2 Å². The predicted octanol–water partition coefficient (Wildman–Crippen LogP) is 5.03. The fourth-order valence-electron chi connectivity index (χ4n) is 6.69. The lowest BCUT2D eigenvalue weighted by atomic mass is 9.55. The molecule has 7 nitrogen and oxygen atoms in total. The van der Waals surface area contributed by atoms with Gasteiger partial charge in [-0.05, 0) is 52.6 Å². The number of carbonyl (C=O) groups is 4. The molecule has 3 aliphatic carbocycles. The number of amides is 3. The van der Waals surface area contributed by atoms with Gasteiger partial charge in [0.15, 0.2) is 0 Å². The molecule has 2 atom stereocenters. The van der Waals surface area contributed by atoms with Crippen LogP contribution in [-0.2, 0) is 9.59 Å². The van der Waals surface area contributed by atoms with E-state index in [1.165, 1.54) is 23.1 Å². The van der Waals surface area contributed by atoms with Gasteiger partial charge in [0, 0.05) is 17.4 Å². The summed E-state index contributed by atoms with van der Waals surface area (Å²) in [6.45, 7) is 0. The maximum atomic E-state index is 14.0. The van der Waals surface area contributed by atoms with E-state index >= 15 is 0 Å². The number of carboxylic acids is 1. The number of hydrogen-bond acceptors (Lipinski definition) is 4. The topological polar surface area (TPSA) is 104 Å². The van der Waals surface area contributed by atoms with Crippen molar-refractivity contribution in [1.29, 1.82) is 0 Å². The van der Waals surface area contributed by atoms with Gasteiger partial charge in [-0.2, -0.15) is 0 Å². The molecule has 7 heteroatoms. The fraction of sp³-hybridized carbons (Fsp3) is 0.125. The van der Waals surface area contributed by atoms with Gasteiger partial charge in [0.05, 0.1) is 28.8 Å². The Balaban J connectivity index is 1.25. The van der Waals surface area contributed by atoms with Crippen molar-refractivity contribution in [3.05, 3.63) is 130 Å². The average molecular weight is 515 g/mol. The van der Waals surface area contributed by atoms with E-state index in [1.54, 1.807) is 30.3 Å². The van der Waals surface area contributed by atoms with Gasteiger partial charge in [-0.1, -0.05) is 66.7 Å². The zero-order chi connectivity index (χ0) is 26.8. The molecular weight excluding hydrogens is 492 g/mol. The molecule has 0 radical (unpaired) electrons. The van der Waals surface area contributed by atoms with Crippen molar-refractivity contribution in [2.24, 2.45) is 11.8 Å². The van der Waals surface area contributed by atoms with Gasteiger partial charge in [0.1, 0.15) is 0 Å². The second-order valence-corrected chi connectivity index (χ2v) is 10.1. The third-order valence-electron chi connectivity index (χ3n) is 8.22. The molecule has 0 unspecified atom stereocenters. The average Bonchev–Trinajstić information content (AvgIpc) is 3.23. The number of anilines is 2. The Morgan fingerprint density at radius 2 is 1.18 bits per heavy atom. The molecule has 190 valence electrons. The number of carboxylic acid groups (broad SMARTS) is 1. The zero-order valence-corrected chi connectivity index (χ0v) is 20.6. The standard InChI is InChI=1S/C32H22N2O5/c35-29(33-24-15-6-5-14-23(24)32(38)39)17-8-7-9-18(16-17)34-30(36)27-25-19-10-1-2-11-20(19)26(28(27)31(34)37)22-13-4-3-12-21(22)25/h1-16,25-28H,(H,33,35)(H,38,39)/t25?,26?,27-,28-/m0/s1. The van der Waals surface area contributed by atoms with Gasteiger partial charge < -0.3 is 10.4 Å². The molecular formula is C32H22N2O5. The van der Waals surface area contributed by atoms with Crippen molar-refractivity contribution < 1.29 is 24.3 Å². The summed E-state index contributed by atoms with van der Waals surface area (Å²) in [7, 11) is 0. The van der Waals surface area contributed by atoms with Gasteiger partial charge in [-0.15, -0.1) is 0 Å². The molecule has 2 N–H and O–H groups in total. The van der Waals surface area contributed by atoms with Gasteiger partial charge in [0.2, 0.25) is 11.8 Å². The summed E-state index contributed by atoms with van der Waals surface area (Å²) in [4.78, 5) is 53.9. The van der Waals surface area contributed by atoms with Crippen molar-refractivity contribution in [3.8, 4) is 0 Å². The van der Waals surface area contributed by atoms with E-state index in [2.05, 4.69) is 29.6 Å². The minimum atomic E-state index is -1.16. The molecule has 1 heterocycles. The third kappa shape index (κ3) is 3.29. The number of nitrogens with one attached hydrogen (secondary N) is 1. The van der Waals surface area contributed by atoms with E-state index in [0.717, 1.165) is 22.3 Å². The maximum absolute atomic E-state index is 14.0. The first-order valence-corrected chi connectivity index (χ1v) is 12.7. The van der Waals surface area contributed by atoms with Crippen molar-refractivity contribution >= 4 is 35.1 Å². The molecule has 2 bridgehead atoms. The first kappa shape index (κ1) is 23.1. The molecule has 0 saturated carbocycles. The summed E-state index contributed by atoms with van der Waals surface area (Å²) in [5.41, 5.74) is 5.03. The highest BCUT2D eigenvalue weighted by Crippen LogP contribution is 2.61. The molecule has 8 rings (SSSR count). The van der Waals surface area contributed by atoms with Crippen LogP contribution in [0.15, 0.2) is 97.1 Å². The smallest absolute Gasteiger partial charge is 0.337 e. The first-order valence-electron chi connectivity index (χ1n) is 12.7. The quantitative estimate of drug-likeness (QED) is 0.372. The highest BCUT2D eigenvalue weighted by Gasteiger charge is 2.61. The molecule has 39 heavy (non-hydrogen) atoms. The number of imide groups is 1. The number of benzene rings is 4. The molecule has 4 aromatic carbocycles. The number of nitrogens with zero attached hydrogens (tertiary/aromatic N) is 1. The Morgan fingerprint density at radius 3 is 1.72 bits per heavy atom. The van der Waals surface area contributed by atoms with E-state index in [1.807, 2.05) is 24.3 Å². The molecule has 1 aliphatic heterocycles. The Bertz CT molecular complexity index is 1610. The molecule has 0 aromatic heterocycles. The second kappa shape index (κ2) is 8.49. The van der Waals surface area contributed by atoms with Crippen LogP contribution in [-0.4, -0.2) is 28.8 Å². The summed E-state index contributed by atoms with van der Waals surface area (Å²) in [6.07, 6.45) is 0. The lowest BCUT2D eigenvalue weighted by Crippen LogP contribution is -2.41. The number of para-hydroxylation sites is 1. The van der Waals surface area contributed by atoms with Crippen molar-refractivity contribution in [2.45, 2.75) is 11.8 Å². The van der Waals surface area contributed by atoms with Crippen molar-refractivity contribution in [3.63, 3.8) is 0 Å². The zero-order valence-electron chi connectivity index (χ0n) is 20.6. The van der Waals surface area contributed by atoms with Crippen LogP contribution >= 0.6 is 0 Å². The molecule has 0 spiro atoms. The summed E-state index contributed by atoms with van der Waals surface area (Å²) >= 11 is 0. The van der Waals surface area contributed by atoms with Crippen LogP contribution in [0.2, 0.25) is 0 Å². The number of carbonyl (C=O) groups excluding carboxylic acids is 3. The Labute approximate surface area is 223 Å². The van der Waals surface area contributed by atoms with Crippen LogP contribution < -0.4 is 10.2 Å². The molecule has 1 fully saturated rings. The molecule has 4 aliphatic rings. The SMILES string of the molecule is O=C(Nc1ccccc1C(=O)O)c1cccc(N2C(=O)[C@H]3C4c5ccccc5C(c5ccccc54)[C@@H]3C2=O)c1. The monoisotopic (exact) mass is 514 g/mol. The van der Waals surface area contributed by atoms with Crippen LogP contribution in [0, 0.1) is 11.8 Å². The first-order chi connectivity index (χ1) is 19.0. The number of aromatic carboxylic acids is 1. The minimum Gasteiger partial charge on any atom is -0.478 e. The lowest BCUT2D eigenvalue weighted by molar-refractivity contribution is -0.122. The van der Waals surface area contributed by atoms with Gasteiger partial charge in [-0.3, -0.25) is 14.4 Å². The van der Waals surface area contributed by atoms with E-state index < -0.39 is 23.7 Å². The summed E-state index contributed by atoms with van der Waals surface area (Å²) < 4.78 is 0. The van der Waals surface area contributed by atoms with Crippen LogP contribution in [0.5, 0.6) is 0 Å². The normalized spacial score (nSPS) is 22.2. The predicted molar refractivity (Wildman–Crippen MR) is 144 cm³/mol. The summed E-state index contributed by atoms with van der Waals surface area (Å²) in [6, 6.07) is 28.6. The molecule has 3 amide bonds. The van der Waals surface area contributed by atoms with Crippen LogP contribution in [0.4, 0.5) is 11.4 Å². The highest BCUT2D eigenvalue weighted by atomic mass is 16.4. The third-order valence-corrected chi connectivity index (χ3v) is 8.22. The van der Waals surface area contributed by atoms with Gasteiger partial charge in [0.25, 0.3) is 5.91 Å². The maximum Gasteiger partial charge on any atom is 0.337 e. The van der Waals surface area contributed by atoms with Gasteiger partial charge >= 0.3 is 5.97 Å². The largest absolute Gasteiger partial charge is 0.478 e. The second-order valence-electron chi connectivity index (χ2n) is 10.1. The Morgan fingerprint density at radius 1 is 0.667 bits per heavy atom. The van der Waals surface area contributed by atoms with Crippen molar-refractivity contribution in [1.82, 2.24) is 0 Å². The number of hydrogen-bond donors (Lipinski definition) is 2. The highest BCUT2D eigenvalue weighted by molar-refractivity contribution is 6.24. The van der Waals surface area contributed by atoms with Crippen LogP contribution in [0.1, 0.15) is 54.8 Å². The van der Waals surface area contributed by atoms with Gasteiger partial charge in [-0.25, -0.2) is 9.69 Å². The van der Waals surface area contributed by atoms with Crippen LogP contribution in [0.3, 0.4) is 0 Å². The Hall–Kier alpha value is -5.04. The Kier molecular flexibility index (Phi) is 5.03. The fourth-order valence-corrected chi connectivity index (χ4v) is 6.69. The van der Waals surface area contributed by atoms with E-state index in [0.29, 0.717) is 5.69 Å². The van der Waals surface area contributed by atoms with E-state index in [9.17, 15) is 24.3 Å². The minimum absolute atomic E-state index is 0.0365.